The maximum Gasteiger partial charge on any atom is 0.254 e. The molecule has 1 aromatic rings. The highest BCUT2D eigenvalue weighted by Gasteiger charge is 2.29. The highest BCUT2D eigenvalue weighted by Crippen LogP contribution is 2.27. The minimum atomic E-state index is -3.63. The molecule has 0 atom stereocenters. The lowest BCUT2D eigenvalue weighted by atomic mass is 10.1. The van der Waals surface area contributed by atoms with Crippen LogP contribution in [0.4, 0.5) is 5.13 Å². The Morgan fingerprint density at radius 1 is 1.53 bits per heavy atom. The first kappa shape index (κ1) is 14.4. The molecule has 8 heteroatoms. The van der Waals surface area contributed by atoms with E-state index in [9.17, 15) is 13.5 Å². The molecule has 98 valence electrons. The van der Waals surface area contributed by atoms with Crippen molar-refractivity contribution in [2.45, 2.75) is 30.6 Å². The average Bonchev–Trinajstić information content (AvgIpc) is 2.42. The lowest BCUT2D eigenvalue weighted by Gasteiger charge is -2.24. The Hall–Kier alpha value is -0.700. The van der Waals surface area contributed by atoms with Gasteiger partial charge in [0.2, 0.25) is 0 Å². The molecule has 0 aliphatic heterocycles. The summed E-state index contributed by atoms with van der Waals surface area (Å²) in [5.41, 5.74) is 4.77. The average molecular weight is 279 g/mol. The van der Waals surface area contributed by atoms with Crippen molar-refractivity contribution in [3.05, 3.63) is 5.69 Å². The fourth-order valence-corrected chi connectivity index (χ4v) is 4.23. The van der Waals surface area contributed by atoms with Gasteiger partial charge in [-0.1, -0.05) is 11.3 Å². The standard InChI is InChI=1S/C9H17N3O3S2/c1-6-7(16-8(10)11-6)17(14,15)12(4)5-9(2,3)13/h13H,5H2,1-4H3,(H2,10,11). The molecule has 1 aromatic heterocycles. The number of sulfonamides is 1. The van der Waals surface area contributed by atoms with E-state index in [1.54, 1.807) is 20.8 Å². The van der Waals surface area contributed by atoms with Crippen LogP contribution in [0.5, 0.6) is 0 Å². The molecular formula is C9H17N3O3S2. The first-order valence-electron chi connectivity index (χ1n) is 4.95. The molecule has 0 saturated heterocycles. The maximum absolute atomic E-state index is 12.2. The number of rotatable bonds is 4. The molecule has 0 aliphatic rings. The van der Waals surface area contributed by atoms with Crippen LogP contribution in [0.25, 0.3) is 0 Å². The summed E-state index contributed by atoms with van der Waals surface area (Å²) < 4.78 is 25.6. The molecule has 17 heavy (non-hydrogen) atoms. The number of hydrogen-bond donors (Lipinski definition) is 2. The van der Waals surface area contributed by atoms with Gasteiger partial charge in [-0.25, -0.2) is 13.4 Å². The molecule has 3 N–H and O–H groups in total. The second-order valence-corrected chi connectivity index (χ2v) is 7.77. The predicted octanol–water partition coefficient (Wildman–Crippen LogP) is 0.425. The molecule has 0 aliphatic carbocycles. The first-order chi connectivity index (χ1) is 7.54. The van der Waals surface area contributed by atoms with Crippen molar-refractivity contribution in [3.8, 4) is 0 Å². The van der Waals surface area contributed by atoms with E-state index in [0.29, 0.717) is 5.69 Å². The molecule has 0 unspecified atom stereocenters. The molecule has 0 bridgehead atoms. The minimum absolute atomic E-state index is 0.00653. The van der Waals surface area contributed by atoms with E-state index in [1.807, 2.05) is 0 Å². The number of aliphatic hydroxyl groups is 1. The number of likely N-dealkylation sites (N-methyl/N-ethyl adjacent to an activating group) is 1. The van der Waals surface area contributed by atoms with Gasteiger partial charge in [0.15, 0.2) is 9.34 Å². The van der Waals surface area contributed by atoms with Crippen LogP contribution in [0.15, 0.2) is 4.21 Å². The van der Waals surface area contributed by atoms with E-state index < -0.39 is 15.6 Å². The Labute approximate surface area is 105 Å². The molecule has 0 radical (unpaired) electrons. The van der Waals surface area contributed by atoms with Crippen LogP contribution in [0.2, 0.25) is 0 Å². The number of nitrogens with two attached hydrogens (primary N) is 1. The van der Waals surface area contributed by atoms with E-state index in [-0.39, 0.29) is 15.9 Å². The van der Waals surface area contributed by atoms with Crippen molar-refractivity contribution in [2.24, 2.45) is 0 Å². The number of nitrogens with zero attached hydrogens (tertiary/aromatic N) is 2. The van der Waals surface area contributed by atoms with E-state index in [4.69, 9.17) is 5.73 Å². The summed E-state index contributed by atoms with van der Waals surface area (Å²) in [5, 5.41) is 9.85. The number of nitrogen functional groups attached to an aromatic ring is 1. The maximum atomic E-state index is 12.2. The third kappa shape index (κ3) is 3.38. The smallest absolute Gasteiger partial charge is 0.254 e. The van der Waals surface area contributed by atoms with Crippen molar-refractivity contribution < 1.29 is 13.5 Å². The van der Waals surface area contributed by atoms with Crippen LogP contribution in [-0.2, 0) is 10.0 Å². The summed E-state index contributed by atoms with van der Waals surface area (Å²) >= 11 is 0.931. The summed E-state index contributed by atoms with van der Waals surface area (Å²) in [4.78, 5) is 3.88. The summed E-state index contributed by atoms with van der Waals surface area (Å²) in [7, 11) is -2.21. The topological polar surface area (TPSA) is 96.5 Å². The van der Waals surface area contributed by atoms with Gasteiger partial charge in [-0.05, 0) is 20.8 Å². The quantitative estimate of drug-likeness (QED) is 0.833. The van der Waals surface area contributed by atoms with Crippen molar-refractivity contribution in [1.29, 1.82) is 0 Å². The van der Waals surface area contributed by atoms with Crippen molar-refractivity contribution >= 4 is 26.5 Å². The lowest BCUT2D eigenvalue weighted by Crippen LogP contribution is -2.39. The molecule has 1 rings (SSSR count). The monoisotopic (exact) mass is 279 g/mol. The van der Waals surface area contributed by atoms with Gasteiger partial charge in [0, 0.05) is 13.6 Å². The van der Waals surface area contributed by atoms with Crippen LogP contribution in [-0.4, -0.2) is 42.0 Å². The fraction of sp³-hybridized carbons (Fsp3) is 0.667. The second kappa shape index (κ2) is 4.52. The zero-order chi connectivity index (χ0) is 13.4. The van der Waals surface area contributed by atoms with Gasteiger partial charge in [-0.3, -0.25) is 0 Å². The Morgan fingerprint density at radius 2 is 2.06 bits per heavy atom. The zero-order valence-electron chi connectivity index (χ0n) is 10.3. The van der Waals surface area contributed by atoms with Gasteiger partial charge in [-0.15, -0.1) is 0 Å². The molecule has 0 aromatic carbocycles. The Balaban J connectivity index is 3.08. The number of hydrogen-bond acceptors (Lipinski definition) is 6. The number of thiazole rings is 1. The van der Waals surface area contributed by atoms with Crippen molar-refractivity contribution in [1.82, 2.24) is 9.29 Å². The van der Waals surface area contributed by atoms with Crippen LogP contribution < -0.4 is 5.73 Å². The van der Waals surface area contributed by atoms with Gasteiger partial charge in [-0.2, -0.15) is 4.31 Å². The molecular weight excluding hydrogens is 262 g/mol. The SMILES string of the molecule is Cc1nc(N)sc1S(=O)(=O)N(C)CC(C)(C)O. The van der Waals surface area contributed by atoms with Gasteiger partial charge in [0.05, 0.1) is 11.3 Å². The normalized spacial score (nSPS) is 13.3. The van der Waals surface area contributed by atoms with Gasteiger partial charge >= 0.3 is 0 Å². The van der Waals surface area contributed by atoms with E-state index in [1.165, 1.54) is 7.05 Å². The molecule has 0 amide bonds. The number of aryl methyl sites for hydroxylation is 1. The lowest BCUT2D eigenvalue weighted by molar-refractivity contribution is 0.0640. The highest BCUT2D eigenvalue weighted by molar-refractivity contribution is 7.91. The molecule has 0 fully saturated rings. The van der Waals surface area contributed by atoms with Crippen LogP contribution >= 0.6 is 11.3 Å². The van der Waals surface area contributed by atoms with Gasteiger partial charge in [0.25, 0.3) is 10.0 Å². The van der Waals surface area contributed by atoms with Gasteiger partial charge in [0.1, 0.15) is 0 Å². The Kier molecular flexibility index (Phi) is 3.82. The Morgan fingerprint density at radius 3 is 2.41 bits per heavy atom. The van der Waals surface area contributed by atoms with E-state index >= 15 is 0 Å². The van der Waals surface area contributed by atoms with Crippen LogP contribution in [0.3, 0.4) is 0 Å². The Bertz CT molecular complexity index is 502. The van der Waals surface area contributed by atoms with E-state index in [0.717, 1.165) is 15.6 Å². The summed E-state index contributed by atoms with van der Waals surface area (Å²) in [5.74, 6) is 0. The molecule has 1 heterocycles. The summed E-state index contributed by atoms with van der Waals surface area (Å²) in [6.07, 6.45) is 0. The first-order valence-corrected chi connectivity index (χ1v) is 7.21. The molecule has 6 nitrogen and oxygen atoms in total. The largest absolute Gasteiger partial charge is 0.389 e. The zero-order valence-corrected chi connectivity index (χ0v) is 11.9. The third-order valence-corrected chi connectivity index (χ3v) is 5.40. The number of anilines is 1. The highest BCUT2D eigenvalue weighted by atomic mass is 32.2. The van der Waals surface area contributed by atoms with Gasteiger partial charge < -0.3 is 10.8 Å². The molecule has 0 spiro atoms. The van der Waals surface area contributed by atoms with Crippen molar-refractivity contribution in [2.75, 3.05) is 19.3 Å². The molecule has 0 saturated carbocycles. The van der Waals surface area contributed by atoms with Crippen LogP contribution in [0.1, 0.15) is 19.5 Å². The van der Waals surface area contributed by atoms with Crippen molar-refractivity contribution in [3.63, 3.8) is 0 Å². The van der Waals surface area contributed by atoms with E-state index in [2.05, 4.69) is 4.98 Å². The summed E-state index contributed by atoms with van der Waals surface area (Å²) in [6.45, 7) is 4.70. The second-order valence-electron chi connectivity index (χ2n) is 4.50. The predicted molar refractivity (Wildman–Crippen MR) is 67.4 cm³/mol. The minimum Gasteiger partial charge on any atom is -0.389 e. The van der Waals surface area contributed by atoms with Crippen LogP contribution in [0, 0.1) is 6.92 Å². The fourth-order valence-electron chi connectivity index (χ4n) is 1.41. The third-order valence-electron chi connectivity index (χ3n) is 2.02. The number of aromatic nitrogens is 1. The summed E-state index contributed by atoms with van der Waals surface area (Å²) in [6, 6.07) is 0.